The van der Waals surface area contributed by atoms with Gasteiger partial charge in [-0.15, -0.1) is 0 Å². The lowest BCUT2D eigenvalue weighted by Gasteiger charge is -2.40. The minimum atomic E-state index is -3.60. The molecule has 28 heavy (non-hydrogen) atoms. The largest absolute Gasteiger partial charge is 0.423 e. The Balaban J connectivity index is 1.59. The van der Waals surface area contributed by atoms with Crippen molar-refractivity contribution in [3.63, 3.8) is 0 Å². The summed E-state index contributed by atoms with van der Waals surface area (Å²) in [5, 5.41) is 0.601. The first-order chi connectivity index (χ1) is 13.3. The molecule has 7 nitrogen and oxygen atoms in total. The van der Waals surface area contributed by atoms with E-state index in [0.717, 1.165) is 12.8 Å². The summed E-state index contributed by atoms with van der Waals surface area (Å²) in [6, 6.07) is 7.84. The van der Waals surface area contributed by atoms with Gasteiger partial charge in [-0.05, 0) is 63.0 Å². The van der Waals surface area contributed by atoms with Crippen molar-refractivity contribution in [2.24, 2.45) is 11.8 Å². The number of hydrogen-bond donors (Lipinski definition) is 0. The van der Waals surface area contributed by atoms with E-state index in [0.29, 0.717) is 41.9 Å². The highest BCUT2D eigenvalue weighted by Gasteiger charge is 2.46. The highest BCUT2D eigenvalue weighted by atomic mass is 32.2. The highest BCUT2D eigenvalue weighted by Crippen LogP contribution is 2.40. The van der Waals surface area contributed by atoms with Crippen molar-refractivity contribution in [3.8, 4) is 0 Å². The third-order valence-electron chi connectivity index (χ3n) is 6.25. The van der Waals surface area contributed by atoms with E-state index in [9.17, 15) is 13.2 Å². The quantitative estimate of drug-likeness (QED) is 0.720. The fourth-order valence-corrected chi connectivity index (χ4v) is 6.29. The van der Waals surface area contributed by atoms with E-state index in [1.807, 2.05) is 14.1 Å². The molecule has 1 aliphatic carbocycles. The zero-order valence-corrected chi connectivity index (χ0v) is 17.2. The Bertz CT molecular complexity index is 1030. The monoisotopic (exact) mass is 406 g/mol. The van der Waals surface area contributed by atoms with Crippen LogP contribution in [0.2, 0.25) is 0 Å². The number of fused-ring (bicyclic) bond motifs is 2. The summed E-state index contributed by atoms with van der Waals surface area (Å²) in [6.45, 7) is 1.06. The Morgan fingerprint density at radius 1 is 1.11 bits per heavy atom. The van der Waals surface area contributed by atoms with Crippen LogP contribution < -0.4 is 5.63 Å². The Morgan fingerprint density at radius 2 is 1.82 bits per heavy atom. The molecule has 1 saturated carbocycles. The van der Waals surface area contributed by atoms with E-state index in [1.165, 1.54) is 12.1 Å². The fraction of sp³-hybridized carbons (Fsp3) is 0.550. The van der Waals surface area contributed by atoms with Gasteiger partial charge < -0.3 is 14.1 Å². The molecule has 2 aliphatic rings. The van der Waals surface area contributed by atoms with Crippen LogP contribution >= 0.6 is 0 Å². The maximum absolute atomic E-state index is 13.2. The maximum atomic E-state index is 13.2. The van der Waals surface area contributed by atoms with Gasteiger partial charge in [0.25, 0.3) is 0 Å². The van der Waals surface area contributed by atoms with Crippen LogP contribution in [0.5, 0.6) is 0 Å². The van der Waals surface area contributed by atoms with Gasteiger partial charge in [-0.3, -0.25) is 0 Å². The van der Waals surface area contributed by atoms with Crippen LogP contribution in [0.25, 0.3) is 11.0 Å². The number of nitrogens with zero attached hydrogens (tertiary/aromatic N) is 2. The van der Waals surface area contributed by atoms with E-state index >= 15 is 0 Å². The van der Waals surface area contributed by atoms with Crippen LogP contribution in [0.3, 0.4) is 0 Å². The van der Waals surface area contributed by atoms with Crippen molar-refractivity contribution in [2.75, 3.05) is 34.3 Å². The van der Waals surface area contributed by atoms with Crippen molar-refractivity contribution in [1.29, 1.82) is 0 Å². The second-order valence-electron chi connectivity index (χ2n) is 8.07. The van der Waals surface area contributed by atoms with Crippen molar-refractivity contribution >= 4 is 21.0 Å². The molecule has 1 saturated heterocycles. The molecule has 8 heteroatoms. The predicted molar refractivity (Wildman–Crippen MR) is 106 cm³/mol. The summed E-state index contributed by atoms with van der Waals surface area (Å²) in [5.41, 5.74) is -0.0619. The molecule has 0 unspecified atom stereocenters. The molecule has 1 aromatic heterocycles. The van der Waals surface area contributed by atoms with Crippen molar-refractivity contribution in [3.05, 3.63) is 40.8 Å². The number of ether oxygens (including phenoxy) is 1. The third-order valence-corrected chi connectivity index (χ3v) is 8.07. The average Bonchev–Trinajstić information content (AvgIpc) is 3.10. The Kier molecular flexibility index (Phi) is 5.07. The van der Waals surface area contributed by atoms with Gasteiger partial charge in [-0.1, -0.05) is 0 Å². The van der Waals surface area contributed by atoms with Crippen LogP contribution in [0, 0.1) is 11.8 Å². The first-order valence-electron chi connectivity index (χ1n) is 9.53. The topological polar surface area (TPSA) is 80.1 Å². The molecule has 2 fully saturated rings. The number of likely N-dealkylation sites (N-methyl/N-ethyl adjacent to an activating group) is 1. The number of benzene rings is 1. The van der Waals surface area contributed by atoms with Gasteiger partial charge in [0, 0.05) is 37.7 Å². The zero-order valence-electron chi connectivity index (χ0n) is 16.4. The molecule has 2 aromatic rings. The number of rotatable bonds is 4. The molecule has 0 N–H and O–H groups in total. The van der Waals surface area contributed by atoms with E-state index in [2.05, 4.69) is 4.90 Å². The van der Waals surface area contributed by atoms with Crippen molar-refractivity contribution in [1.82, 2.24) is 9.21 Å². The summed E-state index contributed by atoms with van der Waals surface area (Å²) in [4.78, 5) is 13.8. The zero-order chi connectivity index (χ0) is 20.1. The third kappa shape index (κ3) is 3.39. The molecule has 0 bridgehead atoms. The Labute approximate surface area is 164 Å². The second-order valence-corrected chi connectivity index (χ2v) is 10.0. The number of hydrogen-bond acceptors (Lipinski definition) is 6. The molecule has 1 aromatic carbocycles. The first kappa shape index (κ1) is 19.6. The molecule has 152 valence electrons. The first-order valence-corrected chi connectivity index (χ1v) is 11.0. The molecule has 4 rings (SSSR count). The lowest BCUT2D eigenvalue weighted by Crippen LogP contribution is -2.47. The van der Waals surface area contributed by atoms with Gasteiger partial charge in [0.05, 0.1) is 11.0 Å². The lowest BCUT2D eigenvalue weighted by atomic mass is 9.77. The molecule has 0 spiro atoms. The van der Waals surface area contributed by atoms with Gasteiger partial charge in [-0.2, -0.15) is 4.31 Å². The van der Waals surface area contributed by atoms with E-state index in [-0.39, 0.29) is 11.0 Å². The van der Waals surface area contributed by atoms with Gasteiger partial charge >= 0.3 is 5.63 Å². The smallest absolute Gasteiger partial charge is 0.336 e. The number of sulfonamides is 1. The van der Waals surface area contributed by atoms with Crippen LogP contribution in [0.15, 0.2) is 44.4 Å². The molecule has 0 radical (unpaired) electrons. The van der Waals surface area contributed by atoms with E-state index in [4.69, 9.17) is 9.15 Å². The van der Waals surface area contributed by atoms with Crippen molar-refractivity contribution in [2.45, 2.75) is 29.9 Å². The Morgan fingerprint density at radius 3 is 2.50 bits per heavy atom. The van der Waals surface area contributed by atoms with Gasteiger partial charge in [-0.25, -0.2) is 13.2 Å². The van der Waals surface area contributed by atoms with Crippen LogP contribution in [-0.4, -0.2) is 64.1 Å². The predicted octanol–water partition coefficient (Wildman–Crippen LogP) is 1.77. The molecule has 0 amide bonds. The normalized spacial score (nSPS) is 28.7. The summed E-state index contributed by atoms with van der Waals surface area (Å²) >= 11 is 0. The minimum absolute atomic E-state index is 0.127. The van der Waals surface area contributed by atoms with Crippen LogP contribution in [0.4, 0.5) is 0 Å². The summed E-state index contributed by atoms with van der Waals surface area (Å²) in [6.07, 6.45) is 1.94. The summed E-state index contributed by atoms with van der Waals surface area (Å²) < 4.78 is 38.9. The van der Waals surface area contributed by atoms with Crippen molar-refractivity contribution < 1.29 is 17.6 Å². The average molecular weight is 407 g/mol. The summed E-state index contributed by atoms with van der Waals surface area (Å²) in [5.74, 6) is 0.654. The highest BCUT2D eigenvalue weighted by molar-refractivity contribution is 7.89. The fourth-order valence-electron chi connectivity index (χ4n) is 4.70. The molecular formula is C20H26N2O5S. The Hall–Kier alpha value is -1.74. The molecular weight excluding hydrogens is 380 g/mol. The minimum Gasteiger partial charge on any atom is -0.423 e. The lowest BCUT2D eigenvalue weighted by molar-refractivity contribution is -0.0209. The standard InChI is InChI=1S/C20H26N2O5S/c1-21(2)17-9-14-11-22(12-15(14)10-19(17)26-3)28(24,25)16-5-6-18-13(8-16)4-7-20(23)27-18/h4-8,14-15,17,19H,9-12H2,1-3H3/t14-,15+,17-,19-/m1/s1. The molecule has 1 aliphatic heterocycles. The molecule has 2 heterocycles. The van der Waals surface area contributed by atoms with Crippen LogP contribution in [0.1, 0.15) is 12.8 Å². The van der Waals surface area contributed by atoms with Gasteiger partial charge in [0.15, 0.2) is 0 Å². The summed E-state index contributed by atoms with van der Waals surface area (Å²) in [7, 11) is 2.23. The SMILES string of the molecule is CO[C@@H]1C[C@H]2CN(S(=O)(=O)c3ccc4oc(=O)ccc4c3)C[C@H]2C[C@H]1N(C)C. The van der Waals surface area contributed by atoms with E-state index in [1.54, 1.807) is 29.6 Å². The molecule has 4 atom stereocenters. The van der Waals surface area contributed by atoms with Crippen LogP contribution in [-0.2, 0) is 14.8 Å². The van der Waals surface area contributed by atoms with Gasteiger partial charge in [0.2, 0.25) is 10.0 Å². The van der Waals surface area contributed by atoms with Gasteiger partial charge in [0.1, 0.15) is 5.58 Å². The second kappa shape index (κ2) is 7.26. The van der Waals surface area contributed by atoms with E-state index < -0.39 is 15.6 Å². The number of methoxy groups -OCH3 is 1. The maximum Gasteiger partial charge on any atom is 0.336 e.